The number of benzene rings is 1. The summed E-state index contributed by atoms with van der Waals surface area (Å²) in [6, 6.07) is 5.59. The van der Waals surface area contributed by atoms with Crippen LogP contribution in [0.3, 0.4) is 0 Å². The minimum absolute atomic E-state index is 0.0172. The van der Waals surface area contributed by atoms with Crippen molar-refractivity contribution in [1.29, 1.82) is 0 Å². The van der Waals surface area contributed by atoms with E-state index >= 15 is 0 Å². The number of imidazole rings is 1. The monoisotopic (exact) mass is 275 g/mol. The van der Waals surface area contributed by atoms with Crippen LogP contribution in [-0.4, -0.2) is 27.4 Å². The maximum Gasteiger partial charge on any atom is 0.254 e. The van der Waals surface area contributed by atoms with Crippen LogP contribution in [0.25, 0.3) is 0 Å². The van der Waals surface area contributed by atoms with Gasteiger partial charge in [-0.15, -0.1) is 12.6 Å². The van der Waals surface area contributed by atoms with Gasteiger partial charge in [0.1, 0.15) is 5.82 Å². The molecule has 1 heterocycles. The molecule has 5 heteroatoms. The molecular weight excluding hydrogens is 258 g/mol. The smallest absolute Gasteiger partial charge is 0.254 e. The van der Waals surface area contributed by atoms with E-state index in [2.05, 4.69) is 17.6 Å². The Hall–Kier alpha value is -1.75. The highest BCUT2D eigenvalue weighted by atomic mass is 32.1. The zero-order valence-electron chi connectivity index (χ0n) is 11.3. The fourth-order valence-electron chi connectivity index (χ4n) is 1.88. The predicted octanol–water partition coefficient (Wildman–Crippen LogP) is 2.29. The molecule has 0 atom stereocenters. The Labute approximate surface area is 118 Å². The summed E-state index contributed by atoms with van der Waals surface area (Å²) in [6.45, 7) is 2.41. The van der Waals surface area contributed by atoms with Crippen LogP contribution in [0.15, 0.2) is 35.5 Å². The second kappa shape index (κ2) is 5.48. The van der Waals surface area contributed by atoms with Crippen molar-refractivity contribution < 1.29 is 4.79 Å². The Kier molecular flexibility index (Phi) is 3.95. The van der Waals surface area contributed by atoms with Gasteiger partial charge in [-0.2, -0.15) is 0 Å². The number of carbonyl (C=O) groups is 1. The molecule has 2 aromatic rings. The number of hydrogen-bond acceptors (Lipinski definition) is 3. The summed E-state index contributed by atoms with van der Waals surface area (Å²) in [7, 11) is 3.70. The van der Waals surface area contributed by atoms with Crippen molar-refractivity contribution in [3.8, 4) is 0 Å². The normalized spacial score (nSPS) is 10.5. The molecule has 0 bridgehead atoms. The molecule has 0 saturated heterocycles. The van der Waals surface area contributed by atoms with E-state index in [0.717, 1.165) is 16.3 Å². The van der Waals surface area contributed by atoms with Gasteiger partial charge in [-0.1, -0.05) is 6.07 Å². The first-order valence-electron chi connectivity index (χ1n) is 6.00. The minimum atomic E-state index is -0.0172. The number of carbonyl (C=O) groups excluding carboxylic acids is 1. The Bertz CT molecular complexity index is 606. The van der Waals surface area contributed by atoms with Crippen molar-refractivity contribution >= 4 is 18.5 Å². The first kappa shape index (κ1) is 13.7. The van der Waals surface area contributed by atoms with E-state index in [1.54, 1.807) is 24.2 Å². The number of rotatable bonds is 3. The standard InChI is InChI=1S/C14H17N3OS/c1-10-4-5-11(19)8-12(10)14(18)17(3)9-13-15-6-7-16(13)2/h4-8,19H,9H2,1-3H3. The quantitative estimate of drug-likeness (QED) is 0.873. The Morgan fingerprint density at radius 1 is 1.47 bits per heavy atom. The van der Waals surface area contributed by atoms with Gasteiger partial charge >= 0.3 is 0 Å². The minimum Gasteiger partial charge on any atom is -0.337 e. The zero-order valence-corrected chi connectivity index (χ0v) is 12.2. The summed E-state index contributed by atoms with van der Waals surface area (Å²) in [5, 5.41) is 0. The molecule has 1 aromatic carbocycles. The maximum atomic E-state index is 12.4. The van der Waals surface area contributed by atoms with E-state index in [1.807, 2.05) is 36.9 Å². The van der Waals surface area contributed by atoms with Gasteiger partial charge in [-0.25, -0.2) is 4.98 Å². The molecule has 1 amide bonds. The maximum absolute atomic E-state index is 12.4. The molecular formula is C14H17N3OS. The number of aromatic nitrogens is 2. The predicted molar refractivity (Wildman–Crippen MR) is 77.4 cm³/mol. The van der Waals surface area contributed by atoms with Crippen LogP contribution >= 0.6 is 12.6 Å². The lowest BCUT2D eigenvalue weighted by Crippen LogP contribution is -2.28. The summed E-state index contributed by atoms with van der Waals surface area (Å²) < 4.78 is 1.91. The van der Waals surface area contributed by atoms with E-state index in [-0.39, 0.29) is 5.91 Å². The lowest BCUT2D eigenvalue weighted by molar-refractivity contribution is 0.0779. The zero-order chi connectivity index (χ0) is 14.0. The van der Waals surface area contributed by atoms with Crippen LogP contribution in [0.2, 0.25) is 0 Å². The van der Waals surface area contributed by atoms with E-state index in [9.17, 15) is 4.79 Å². The third-order valence-electron chi connectivity index (χ3n) is 3.10. The topological polar surface area (TPSA) is 38.1 Å². The molecule has 100 valence electrons. The average Bonchev–Trinajstić information content (AvgIpc) is 2.77. The molecule has 0 aliphatic rings. The van der Waals surface area contributed by atoms with Crippen molar-refractivity contribution in [3.63, 3.8) is 0 Å². The van der Waals surface area contributed by atoms with Crippen molar-refractivity contribution in [2.45, 2.75) is 18.4 Å². The second-order valence-electron chi connectivity index (χ2n) is 4.61. The lowest BCUT2D eigenvalue weighted by atomic mass is 10.1. The van der Waals surface area contributed by atoms with Gasteiger partial charge in [0.2, 0.25) is 0 Å². The summed E-state index contributed by atoms with van der Waals surface area (Å²) in [5.41, 5.74) is 1.64. The first-order valence-corrected chi connectivity index (χ1v) is 6.45. The van der Waals surface area contributed by atoms with Gasteiger partial charge in [-0.05, 0) is 24.6 Å². The molecule has 0 aliphatic carbocycles. The number of thiol groups is 1. The molecule has 0 unspecified atom stereocenters. The molecule has 0 N–H and O–H groups in total. The molecule has 19 heavy (non-hydrogen) atoms. The second-order valence-corrected chi connectivity index (χ2v) is 5.13. The molecule has 0 spiro atoms. The molecule has 0 radical (unpaired) electrons. The Balaban J connectivity index is 2.19. The van der Waals surface area contributed by atoms with Gasteiger partial charge in [0.05, 0.1) is 6.54 Å². The average molecular weight is 275 g/mol. The number of aryl methyl sites for hydroxylation is 2. The van der Waals surface area contributed by atoms with Crippen LogP contribution in [0.1, 0.15) is 21.7 Å². The third-order valence-corrected chi connectivity index (χ3v) is 3.38. The summed E-state index contributed by atoms with van der Waals surface area (Å²) >= 11 is 4.28. The van der Waals surface area contributed by atoms with Crippen molar-refractivity contribution in [1.82, 2.24) is 14.5 Å². The fourth-order valence-corrected chi connectivity index (χ4v) is 2.08. The van der Waals surface area contributed by atoms with Gasteiger partial charge in [0.25, 0.3) is 5.91 Å². The summed E-state index contributed by atoms with van der Waals surface area (Å²) in [4.78, 5) is 19.1. The summed E-state index contributed by atoms with van der Waals surface area (Å²) in [5.74, 6) is 0.840. The van der Waals surface area contributed by atoms with Gasteiger partial charge in [0, 0.05) is 36.9 Å². The molecule has 2 rings (SSSR count). The molecule has 1 aromatic heterocycles. The third kappa shape index (κ3) is 2.98. The fraction of sp³-hybridized carbons (Fsp3) is 0.286. The van der Waals surface area contributed by atoms with Crippen LogP contribution in [-0.2, 0) is 13.6 Å². The highest BCUT2D eigenvalue weighted by Crippen LogP contribution is 2.16. The Morgan fingerprint density at radius 3 is 2.84 bits per heavy atom. The SMILES string of the molecule is Cc1ccc(S)cc1C(=O)N(C)Cc1nccn1C. The largest absolute Gasteiger partial charge is 0.337 e. The van der Waals surface area contributed by atoms with Crippen LogP contribution in [0.5, 0.6) is 0 Å². The highest BCUT2D eigenvalue weighted by molar-refractivity contribution is 7.80. The van der Waals surface area contributed by atoms with Crippen LogP contribution < -0.4 is 0 Å². The summed E-state index contributed by atoms with van der Waals surface area (Å²) in [6.07, 6.45) is 3.60. The number of nitrogens with zero attached hydrogens (tertiary/aromatic N) is 3. The van der Waals surface area contributed by atoms with Gasteiger partial charge < -0.3 is 9.47 Å². The van der Waals surface area contributed by atoms with Crippen molar-refractivity contribution in [2.24, 2.45) is 7.05 Å². The number of hydrogen-bond donors (Lipinski definition) is 1. The van der Waals surface area contributed by atoms with Gasteiger partial charge in [0.15, 0.2) is 0 Å². The molecule has 0 fully saturated rings. The molecule has 4 nitrogen and oxygen atoms in total. The lowest BCUT2D eigenvalue weighted by Gasteiger charge is -2.18. The van der Waals surface area contributed by atoms with Crippen molar-refractivity contribution in [3.05, 3.63) is 47.5 Å². The highest BCUT2D eigenvalue weighted by Gasteiger charge is 2.16. The van der Waals surface area contributed by atoms with Gasteiger partial charge in [-0.3, -0.25) is 4.79 Å². The molecule has 0 aliphatic heterocycles. The van der Waals surface area contributed by atoms with Crippen LogP contribution in [0, 0.1) is 6.92 Å². The first-order chi connectivity index (χ1) is 8.99. The van der Waals surface area contributed by atoms with E-state index < -0.39 is 0 Å². The Morgan fingerprint density at radius 2 is 2.21 bits per heavy atom. The van der Waals surface area contributed by atoms with E-state index in [0.29, 0.717) is 12.1 Å². The number of amides is 1. The van der Waals surface area contributed by atoms with Crippen LogP contribution in [0.4, 0.5) is 0 Å². The van der Waals surface area contributed by atoms with E-state index in [1.165, 1.54) is 0 Å². The van der Waals surface area contributed by atoms with E-state index in [4.69, 9.17) is 0 Å². The van der Waals surface area contributed by atoms with Crippen molar-refractivity contribution in [2.75, 3.05) is 7.05 Å². The molecule has 0 saturated carbocycles.